The highest BCUT2D eigenvalue weighted by molar-refractivity contribution is 7.91. The molecule has 176 valence electrons. The maximum Gasteiger partial charge on any atom is 0.416 e. The number of hydrogen-bond acceptors (Lipinski definition) is 7. The zero-order valence-corrected chi connectivity index (χ0v) is 19.1. The zero-order chi connectivity index (χ0) is 23.8. The topological polar surface area (TPSA) is 105 Å². The number of aromatic nitrogens is 2. The Bertz CT molecular complexity index is 1260. The lowest BCUT2D eigenvalue weighted by atomic mass is 9.99. The Morgan fingerprint density at radius 1 is 1.18 bits per heavy atom. The van der Waals surface area contributed by atoms with Crippen LogP contribution >= 0.6 is 22.9 Å². The number of anilines is 1. The van der Waals surface area contributed by atoms with Crippen molar-refractivity contribution in [2.75, 3.05) is 18.4 Å². The summed E-state index contributed by atoms with van der Waals surface area (Å²) in [7, 11) is -3.77. The fourth-order valence-corrected chi connectivity index (χ4v) is 6.50. The fraction of sp³-hybridized carbons (Fsp3) is 0.316. The van der Waals surface area contributed by atoms with Crippen LogP contribution in [-0.4, -0.2) is 41.9 Å². The Balaban J connectivity index is 1.42. The SMILES string of the molecule is O=C(Nc1nnc(-c2ccc(C(F)(F)F)cc2)o1)C1CCCN(S(=O)(=O)c2ccc(Cl)s2)C1. The highest BCUT2D eigenvalue weighted by Crippen LogP contribution is 2.32. The van der Waals surface area contributed by atoms with Crippen LogP contribution in [0.3, 0.4) is 0 Å². The molecular formula is C19H16ClF3N4O4S2. The molecule has 1 fully saturated rings. The number of amides is 1. The fourth-order valence-electron chi connectivity index (χ4n) is 3.34. The number of nitrogens with zero attached hydrogens (tertiary/aromatic N) is 3. The summed E-state index contributed by atoms with van der Waals surface area (Å²) in [4.78, 5) is 12.7. The van der Waals surface area contributed by atoms with Gasteiger partial charge in [-0.05, 0) is 49.2 Å². The molecule has 1 N–H and O–H groups in total. The van der Waals surface area contributed by atoms with Gasteiger partial charge in [0.2, 0.25) is 11.8 Å². The molecule has 1 saturated heterocycles. The van der Waals surface area contributed by atoms with Gasteiger partial charge in [-0.15, -0.1) is 16.4 Å². The monoisotopic (exact) mass is 520 g/mol. The van der Waals surface area contributed by atoms with E-state index in [2.05, 4.69) is 15.5 Å². The molecule has 1 amide bonds. The van der Waals surface area contributed by atoms with Gasteiger partial charge in [0.1, 0.15) is 4.21 Å². The average Bonchev–Trinajstić information content (AvgIpc) is 3.43. The van der Waals surface area contributed by atoms with Crippen LogP contribution in [0.1, 0.15) is 18.4 Å². The van der Waals surface area contributed by atoms with Gasteiger partial charge in [-0.3, -0.25) is 10.1 Å². The molecule has 0 spiro atoms. The summed E-state index contributed by atoms with van der Waals surface area (Å²) >= 11 is 6.79. The molecule has 1 aromatic carbocycles. The van der Waals surface area contributed by atoms with E-state index in [-0.39, 0.29) is 34.8 Å². The maximum absolute atomic E-state index is 12.8. The van der Waals surface area contributed by atoms with Crippen LogP contribution in [0, 0.1) is 5.92 Å². The summed E-state index contributed by atoms with van der Waals surface area (Å²) in [6.45, 7) is 0.254. The van der Waals surface area contributed by atoms with Gasteiger partial charge in [0, 0.05) is 18.7 Å². The van der Waals surface area contributed by atoms with Crippen molar-refractivity contribution in [2.24, 2.45) is 5.92 Å². The number of carbonyl (C=O) groups excluding carboxylic acids is 1. The van der Waals surface area contributed by atoms with Crippen molar-refractivity contribution in [3.63, 3.8) is 0 Å². The van der Waals surface area contributed by atoms with E-state index in [0.717, 1.165) is 23.5 Å². The molecule has 1 aliphatic rings. The van der Waals surface area contributed by atoms with Crippen LogP contribution in [0.2, 0.25) is 4.34 Å². The van der Waals surface area contributed by atoms with Crippen molar-refractivity contribution in [1.29, 1.82) is 0 Å². The number of carbonyl (C=O) groups is 1. The molecule has 1 unspecified atom stereocenters. The lowest BCUT2D eigenvalue weighted by Gasteiger charge is -2.30. The van der Waals surface area contributed by atoms with Crippen LogP contribution in [0.15, 0.2) is 45.0 Å². The summed E-state index contributed by atoms with van der Waals surface area (Å²) in [5.41, 5.74) is -0.568. The number of rotatable bonds is 5. The second kappa shape index (κ2) is 9.05. The van der Waals surface area contributed by atoms with Gasteiger partial charge in [0.05, 0.1) is 15.8 Å². The highest BCUT2D eigenvalue weighted by atomic mass is 35.5. The van der Waals surface area contributed by atoms with Crippen LogP contribution in [0.25, 0.3) is 11.5 Å². The molecular weight excluding hydrogens is 505 g/mol. The molecule has 0 aliphatic carbocycles. The summed E-state index contributed by atoms with van der Waals surface area (Å²) < 4.78 is 70.7. The third-order valence-electron chi connectivity index (χ3n) is 5.01. The van der Waals surface area contributed by atoms with Gasteiger partial charge in [-0.25, -0.2) is 8.42 Å². The smallest absolute Gasteiger partial charge is 0.403 e. The first kappa shape index (κ1) is 23.7. The zero-order valence-electron chi connectivity index (χ0n) is 16.7. The van der Waals surface area contributed by atoms with E-state index in [9.17, 15) is 26.4 Å². The van der Waals surface area contributed by atoms with Crippen molar-refractivity contribution in [3.8, 4) is 11.5 Å². The lowest BCUT2D eigenvalue weighted by molar-refractivity contribution is -0.137. The summed E-state index contributed by atoms with van der Waals surface area (Å²) in [6, 6.07) is 6.82. The van der Waals surface area contributed by atoms with Gasteiger partial charge < -0.3 is 4.42 Å². The number of hydrogen-bond donors (Lipinski definition) is 1. The molecule has 3 heterocycles. The van der Waals surface area contributed by atoms with Gasteiger partial charge in [-0.2, -0.15) is 17.5 Å². The Hall–Kier alpha value is -2.48. The van der Waals surface area contributed by atoms with E-state index in [0.29, 0.717) is 17.2 Å². The molecule has 8 nitrogen and oxygen atoms in total. The van der Waals surface area contributed by atoms with Crippen LogP contribution in [0.5, 0.6) is 0 Å². The second-order valence-electron chi connectivity index (χ2n) is 7.24. The Morgan fingerprint density at radius 2 is 1.91 bits per heavy atom. The predicted molar refractivity (Wildman–Crippen MR) is 114 cm³/mol. The van der Waals surface area contributed by atoms with E-state index < -0.39 is 33.6 Å². The largest absolute Gasteiger partial charge is 0.416 e. The first-order valence-corrected chi connectivity index (χ1v) is 12.2. The third kappa shape index (κ3) is 5.21. The standard InChI is InChI=1S/C19H16ClF3N4O4S2/c20-14-7-8-15(32-14)33(29,30)27-9-1-2-12(10-27)16(28)24-18-26-25-17(31-18)11-3-5-13(6-4-11)19(21,22)23/h3-8,12H,1-2,9-10H2,(H,24,26,28). The molecule has 1 aliphatic heterocycles. The van der Waals surface area contributed by atoms with Gasteiger partial charge in [-0.1, -0.05) is 16.7 Å². The predicted octanol–water partition coefficient (Wildman–Crippen LogP) is 4.51. The van der Waals surface area contributed by atoms with Crippen molar-refractivity contribution < 1.29 is 30.8 Å². The van der Waals surface area contributed by atoms with Crippen LogP contribution in [-0.2, 0) is 21.0 Å². The minimum absolute atomic E-state index is 0.0242. The van der Waals surface area contributed by atoms with Gasteiger partial charge >= 0.3 is 12.2 Å². The van der Waals surface area contributed by atoms with E-state index in [4.69, 9.17) is 16.0 Å². The van der Waals surface area contributed by atoms with Gasteiger partial charge in [0.15, 0.2) is 0 Å². The van der Waals surface area contributed by atoms with Crippen LogP contribution in [0.4, 0.5) is 19.2 Å². The minimum Gasteiger partial charge on any atom is -0.403 e. The number of alkyl halides is 3. The van der Waals surface area contributed by atoms with E-state index in [1.807, 2.05) is 0 Å². The second-order valence-corrected chi connectivity index (χ2v) is 11.1. The Kier molecular flexibility index (Phi) is 6.49. The summed E-state index contributed by atoms with van der Waals surface area (Å²) in [6.07, 6.45) is -3.52. The molecule has 0 bridgehead atoms. The highest BCUT2D eigenvalue weighted by Gasteiger charge is 2.35. The first-order valence-electron chi connectivity index (χ1n) is 9.61. The number of thiophene rings is 1. The maximum atomic E-state index is 12.8. The van der Waals surface area contributed by atoms with Crippen molar-refractivity contribution in [3.05, 3.63) is 46.3 Å². The van der Waals surface area contributed by atoms with Gasteiger partial charge in [0.25, 0.3) is 10.0 Å². The Morgan fingerprint density at radius 3 is 2.55 bits per heavy atom. The molecule has 0 saturated carbocycles. The first-order chi connectivity index (χ1) is 15.5. The molecule has 4 rings (SSSR count). The van der Waals surface area contributed by atoms with Crippen molar-refractivity contribution in [2.45, 2.75) is 23.2 Å². The summed E-state index contributed by atoms with van der Waals surface area (Å²) in [5, 5.41) is 9.90. The Labute approximate surface area is 195 Å². The van der Waals surface area contributed by atoms with Crippen molar-refractivity contribution >= 4 is 44.9 Å². The lowest BCUT2D eigenvalue weighted by Crippen LogP contribution is -2.43. The molecule has 1 atom stereocenters. The van der Waals surface area contributed by atoms with E-state index >= 15 is 0 Å². The molecule has 0 radical (unpaired) electrons. The number of sulfonamides is 1. The van der Waals surface area contributed by atoms with Crippen LogP contribution < -0.4 is 5.32 Å². The summed E-state index contributed by atoms with van der Waals surface area (Å²) in [5.74, 6) is -1.21. The van der Waals surface area contributed by atoms with E-state index in [1.54, 1.807) is 0 Å². The molecule has 14 heteroatoms. The number of piperidine rings is 1. The number of halogens is 4. The van der Waals surface area contributed by atoms with Crippen molar-refractivity contribution in [1.82, 2.24) is 14.5 Å². The van der Waals surface area contributed by atoms with E-state index in [1.165, 1.54) is 28.6 Å². The normalized spacial score (nSPS) is 17.8. The molecule has 33 heavy (non-hydrogen) atoms. The average molecular weight is 521 g/mol. The number of nitrogens with one attached hydrogen (secondary N) is 1. The number of benzene rings is 1. The quantitative estimate of drug-likeness (QED) is 0.530. The third-order valence-corrected chi connectivity index (χ3v) is 8.58. The molecule has 3 aromatic rings. The molecule has 2 aromatic heterocycles. The minimum atomic E-state index is -4.47.